The van der Waals surface area contributed by atoms with Crippen molar-refractivity contribution >= 4 is 40.9 Å². The maximum atomic E-state index is 12.7. The van der Waals surface area contributed by atoms with E-state index >= 15 is 0 Å². The van der Waals surface area contributed by atoms with Crippen LogP contribution in [-0.2, 0) is 16.1 Å². The highest BCUT2D eigenvalue weighted by Crippen LogP contribution is 2.27. The Hall–Kier alpha value is -4.68. The summed E-state index contributed by atoms with van der Waals surface area (Å²) < 4.78 is 10.7. The van der Waals surface area contributed by atoms with Crippen LogP contribution in [0.25, 0.3) is 6.08 Å². The topological polar surface area (TPSA) is 132 Å². The van der Waals surface area contributed by atoms with Gasteiger partial charge in [0, 0.05) is 28.4 Å². The Morgan fingerprint density at radius 1 is 1.14 bits per heavy atom. The van der Waals surface area contributed by atoms with E-state index in [-0.39, 0.29) is 24.5 Å². The molecule has 1 amide bonds. The zero-order chi connectivity index (χ0) is 26.1. The van der Waals surface area contributed by atoms with Gasteiger partial charge in [0.15, 0.2) is 0 Å². The Labute approximate surface area is 211 Å². The van der Waals surface area contributed by atoms with E-state index in [1.807, 2.05) is 6.07 Å². The second-order valence-electron chi connectivity index (χ2n) is 7.32. The number of carbonyl (C=O) groups is 2. The van der Waals surface area contributed by atoms with Crippen LogP contribution in [0.1, 0.15) is 28.4 Å². The molecule has 0 atom stereocenters. The van der Waals surface area contributed by atoms with Crippen LogP contribution in [0.4, 0.5) is 11.4 Å². The summed E-state index contributed by atoms with van der Waals surface area (Å²) in [7, 11) is 0. The molecule has 0 unspecified atom stereocenters. The van der Waals surface area contributed by atoms with Crippen molar-refractivity contribution in [2.75, 3.05) is 11.9 Å². The smallest absolute Gasteiger partial charge is 0.338 e. The first-order valence-electron chi connectivity index (χ1n) is 10.7. The van der Waals surface area contributed by atoms with E-state index < -0.39 is 16.8 Å². The Kier molecular flexibility index (Phi) is 8.75. The molecule has 0 radical (unpaired) electrons. The number of carbonyl (C=O) groups excluding carboxylic acids is 2. The highest BCUT2D eigenvalue weighted by Gasteiger charge is 2.14. The molecule has 0 aliphatic carbocycles. The Bertz CT molecular complexity index is 1360. The summed E-state index contributed by atoms with van der Waals surface area (Å²) in [6, 6.07) is 18.6. The zero-order valence-electron chi connectivity index (χ0n) is 19.1. The normalized spacial score (nSPS) is 10.8. The van der Waals surface area contributed by atoms with Crippen LogP contribution >= 0.6 is 11.6 Å². The predicted molar refractivity (Wildman–Crippen MR) is 133 cm³/mol. The van der Waals surface area contributed by atoms with E-state index in [0.29, 0.717) is 33.1 Å². The summed E-state index contributed by atoms with van der Waals surface area (Å²) in [6.45, 7) is 1.96. The standard InChI is InChI=1S/C26H20ClN3O6/c1-2-35-26(32)18-6-9-22(10-7-18)29-25(31)20(15-28)13-19-14-21(27)8-11-24(19)36-16-17-4-3-5-23(12-17)30(33)34/h3-14H,2,16H2,1H3,(H,29,31)/b20-13+. The van der Waals surface area contributed by atoms with E-state index in [1.54, 1.807) is 31.2 Å². The number of halogens is 1. The molecule has 0 saturated carbocycles. The van der Waals surface area contributed by atoms with Crippen molar-refractivity contribution < 1.29 is 24.0 Å². The number of hydrogen-bond donors (Lipinski definition) is 1. The molecule has 0 spiro atoms. The molecule has 3 rings (SSSR count). The molecule has 182 valence electrons. The number of hydrogen-bond acceptors (Lipinski definition) is 7. The lowest BCUT2D eigenvalue weighted by Gasteiger charge is -2.11. The molecular formula is C26H20ClN3O6. The molecule has 0 aromatic heterocycles. The molecule has 0 saturated heterocycles. The van der Waals surface area contributed by atoms with Crippen molar-refractivity contribution in [1.82, 2.24) is 0 Å². The lowest BCUT2D eigenvalue weighted by molar-refractivity contribution is -0.384. The summed E-state index contributed by atoms with van der Waals surface area (Å²) in [4.78, 5) is 35.0. The molecule has 0 aliphatic heterocycles. The first-order valence-corrected chi connectivity index (χ1v) is 11.0. The third kappa shape index (κ3) is 6.91. The molecule has 10 heteroatoms. The summed E-state index contributed by atoms with van der Waals surface area (Å²) >= 11 is 6.11. The van der Waals surface area contributed by atoms with Gasteiger partial charge in [0.2, 0.25) is 0 Å². The van der Waals surface area contributed by atoms with Gasteiger partial charge in [-0.05, 0) is 61.0 Å². The Morgan fingerprint density at radius 3 is 2.56 bits per heavy atom. The number of nitro groups is 1. The minimum atomic E-state index is -0.675. The van der Waals surface area contributed by atoms with Crippen molar-refractivity contribution in [2.24, 2.45) is 0 Å². The molecule has 0 bridgehead atoms. The van der Waals surface area contributed by atoms with Crippen LogP contribution in [-0.4, -0.2) is 23.4 Å². The quantitative estimate of drug-likeness (QED) is 0.132. The number of anilines is 1. The summed E-state index contributed by atoms with van der Waals surface area (Å²) in [5, 5.41) is 23.5. The minimum Gasteiger partial charge on any atom is -0.488 e. The van der Waals surface area contributed by atoms with Crippen LogP contribution in [0.3, 0.4) is 0 Å². The van der Waals surface area contributed by atoms with Gasteiger partial charge >= 0.3 is 5.97 Å². The summed E-state index contributed by atoms with van der Waals surface area (Å²) in [6.07, 6.45) is 1.33. The molecular weight excluding hydrogens is 486 g/mol. The van der Waals surface area contributed by atoms with Crippen LogP contribution in [0.2, 0.25) is 5.02 Å². The fraction of sp³-hybridized carbons (Fsp3) is 0.115. The summed E-state index contributed by atoms with van der Waals surface area (Å²) in [5.74, 6) is -0.831. The number of nitrogens with zero attached hydrogens (tertiary/aromatic N) is 2. The van der Waals surface area contributed by atoms with Crippen LogP contribution in [0.5, 0.6) is 5.75 Å². The fourth-order valence-corrected chi connectivity index (χ4v) is 3.27. The van der Waals surface area contributed by atoms with Gasteiger partial charge in [0.25, 0.3) is 11.6 Å². The molecule has 9 nitrogen and oxygen atoms in total. The largest absolute Gasteiger partial charge is 0.488 e. The average Bonchev–Trinajstić information content (AvgIpc) is 2.87. The lowest BCUT2D eigenvalue weighted by Crippen LogP contribution is -2.14. The highest BCUT2D eigenvalue weighted by atomic mass is 35.5. The molecule has 0 heterocycles. The number of ether oxygens (including phenoxy) is 2. The number of esters is 1. The molecule has 0 aliphatic rings. The van der Waals surface area contributed by atoms with Gasteiger partial charge in [-0.1, -0.05) is 23.7 Å². The lowest BCUT2D eigenvalue weighted by atomic mass is 10.1. The van der Waals surface area contributed by atoms with Gasteiger partial charge in [-0.2, -0.15) is 5.26 Å². The molecule has 0 fully saturated rings. The van der Waals surface area contributed by atoms with E-state index in [1.165, 1.54) is 48.5 Å². The van der Waals surface area contributed by atoms with Crippen molar-refractivity contribution in [3.8, 4) is 11.8 Å². The van der Waals surface area contributed by atoms with Gasteiger partial charge in [-0.3, -0.25) is 14.9 Å². The van der Waals surface area contributed by atoms with Gasteiger partial charge in [-0.15, -0.1) is 0 Å². The monoisotopic (exact) mass is 505 g/mol. The van der Waals surface area contributed by atoms with Crippen molar-refractivity contribution in [2.45, 2.75) is 13.5 Å². The van der Waals surface area contributed by atoms with E-state index in [9.17, 15) is 25.0 Å². The SMILES string of the molecule is CCOC(=O)c1ccc(NC(=O)/C(C#N)=C/c2cc(Cl)ccc2OCc2cccc([N+](=O)[O-])c2)cc1. The number of benzene rings is 3. The number of nitrogens with one attached hydrogen (secondary N) is 1. The maximum Gasteiger partial charge on any atom is 0.338 e. The van der Waals surface area contributed by atoms with Crippen LogP contribution in [0.15, 0.2) is 72.3 Å². The third-order valence-electron chi connectivity index (χ3n) is 4.81. The number of non-ortho nitro benzene ring substituents is 1. The van der Waals surface area contributed by atoms with Crippen LogP contribution < -0.4 is 10.1 Å². The molecule has 3 aromatic carbocycles. The van der Waals surface area contributed by atoms with Crippen molar-refractivity contribution in [1.29, 1.82) is 5.26 Å². The highest BCUT2D eigenvalue weighted by molar-refractivity contribution is 6.30. The van der Waals surface area contributed by atoms with Crippen LogP contribution in [0, 0.1) is 21.4 Å². The van der Waals surface area contributed by atoms with E-state index in [2.05, 4.69) is 5.32 Å². The number of nitro benzene ring substituents is 1. The number of rotatable bonds is 9. The Balaban J connectivity index is 1.78. The second-order valence-corrected chi connectivity index (χ2v) is 7.76. The van der Waals surface area contributed by atoms with Gasteiger partial charge in [-0.25, -0.2) is 4.79 Å². The van der Waals surface area contributed by atoms with Crippen molar-refractivity contribution in [3.05, 3.63) is 104 Å². The average molecular weight is 506 g/mol. The van der Waals surface area contributed by atoms with Gasteiger partial charge < -0.3 is 14.8 Å². The first-order chi connectivity index (χ1) is 17.3. The zero-order valence-corrected chi connectivity index (χ0v) is 19.8. The molecule has 3 aromatic rings. The predicted octanol–water partition coefficient (Wildman–Crippen LogP) is 5.55. The number of amides is 1. The molecule has 36 heavy (non-hydrogen) atoms. The van der Waals surface area contributed by atoms with E-state index in [0.717, 1.165) is 0 Å². The minimum absolute atomic E-state index is 0.0189. The van der Waals surface area contributed by atoms with E-state index in [4.69, 9.17) is 21.1 Å². The molecule has 1 N–H and O–H groups in total. The first kappa shape index (κ1) is 25.9. The maximum absolute atomic E-state index is 12.7. The van der Waals surface area contributed by atoms with Gasteiger partial charge in [0.05, 0.1) is 17.1 Å². The number of nitriles is 1. The van der Waals surface area contributed by atoms with Crippen molar-refractivity contribution in [3.63, 3.8) is 0 Å². The third-order valence-corrected chi connectivity index (χ3v) is 5.04. The summed E-state index contributed by atoms with van der Waals surface area (Å²) in [5.41, 5.74) is 1.37. The Morgan fingerprint density at radius 2 is 1.89 bits per heavy atom. The van der Waals surface area contributed by atoms with Gasteiger partial charge in [0.1, 0.15) is 24.0 Å². The second kappa shape index (κ2) is 12.1. The fourth-order valence-electron chi connectivity index (χ4n) is 3.09.